The molecule has 2 nitrogen and oxygen atoms in total. The van der Waals surface area contributed by atoms with Crippen LogP contribution in [-0.4, -0.2) is 9.55 Å². The molecule has 0 aliphatic rings. The summed E-state index contributed by atoms with van der Waals surface area (Å²) in [5.74, 6) is 0. The Balaban J connectivity index is 2.32. The molecule has 0 bridgehead atoms. The smallest absolute Gasteiger partial charge is 0.0951 e. The standard InChI is InChI=1S/C12H14N2/c1-10-4-3-5-12(8-10)11(2)14-7-6-13-9-14/h3-9,11H,1-2H3. The third kappa shape index (κ3) is 1.69. The number of aryl methyl sites for hydroxylation is 1. The van der Waals surface area contributed by atoms with Gasteiger partial charge in [-0.15, -0.1) is 0 Å². The maximum atomic E-state index is 4.05. The summed E-state index contributed by atoms with van der Waals surface area (Å²) in [5, 5.41) is 0. The summed E-state index contributed by atoms with van der Waals surface area (Å²) >= 11 is 0. The molecule has 0 aliphatic carbocycles. The fourth-order valence-corrected chi connectivity index (χ4v) is 1.60. The van der Waals surface area contributed by atoms with Crippen molar-refractivity contribution in [3.05, 3.63) is 54.1 Å². The van der Waals surface area contributed by atoms with Gasteiger partial charge in [-0.3, -0.25) is 0 Å². The Labute approximate surface area is 84.2 Å². The Morgan fingerprint density at radius 1 is 1.36 bits per heavy atom. The summed E-state index contributed by atoms with van der Waals surface area (Å²) in [6.07, 6.45) is 5.66. The van der Waals surface area contributed by atoms with E-state index in [0.717, 1.165) is 0 Å². The molecule has 0 saturated heterocycles. The summed E-state index contributed by atoms with van der Waals surface area (Å²) in [6.45, 7) is 4.29. The highest BCUT2D eigenvalue weighted by atomic mass is 15.0. The van der Waals surface area contributed by atoms with Crippen LogP contribution in [-0.2, 0) is 0 Å². The summed E-state index contributed by atoms with van der Waals surface area (Å²) in [7, 11) is 0. The van der Waals surface area contributed by atoms with Gasteiger partial charge in [0.1, 0.15) is 0 Å². The van der Waals surface area contributed by atoms with Crippen LogP contribution in [0.25, 0.3) is 0 Å². The molecule has 2 aromatic rings. The molecular formula is C12H14N2. The zero-order chi connectivity index (χ0) is 9.97. The Morgan fingerprint density at radius 2 is 2.21 bits per heavy atom. The second-order valence-electron chi connectivity index (χ2n) is 3.60. The number of rotatable bonds is 2. The van der Waals surface area contributed by atoms with Crippen LogP contribution in [0.3, 0.4) is 0 Å². The van der Waals surface area contributed by atoms with E-state index in [1.807, 2.05) is 18.7 Å². The molecular weight excluding hydrogens is 172 g/mol. The zero-order valence-electron chi connectivity index (χ0n) is 8.51. The fraction of sp³-hybridized carbons (Fsp3) is 0.250. The second kappa shape index (κ2) is 3.66. The maximum Gasteiger partial charge on any atom is 0.0951 e. The number of hydrogen-bond acceptors (Lipinski definition) is 1. The highest BCUT2D eigenvalue weighted by Gasteiger charge is 2.05. The number of nitrogens with zero attached hydrogens (tertiary/aromatic N) is 2. The Bertz CT molecular complexity index is 404. The Kier molecular flexibility index (Phi) is 2.35. The second-order valence-corrected chi connectivity index (χ2v) is 3.60. The van der Waals surface area contributed by atoms with Crippen LogP contribution in [0.4, 0.5) is 0 Å². The Morgan fingerprint density at radius 3 is 2.86 bits per heavy atom. The summed E-state index contributed by atoms with van der Waals surface area (Å²) in [4.78, 5) is 4.05. The first-order valence-electron chi connectivity index (χ1n) is 4.81. The van der Waals surface area contributed by atoms with Gasteiger partial charge in [-0.25, -0.2) is 4.98 Å². The fourth-order valence-electron chi connectivity index (χ4n) is 1.60. The first-order chi connectivity index (χ1) is 6.77. The normalized spacial score (nSPS) is 12.7. The van der Waals surface area contributed by atoms with Crippen LogP contribution in [0, 0.1) is 6.92 Å². The molecule has 1 aromatic carbocycles. The van der Waals surface area contributed by atoms with Gasteiger partial charge in [-0.2, -0.15) is 0 Å². The predicted molar refractivity (Wildman–Crippen MR) is 57.2 cm³/mol. The van der Waals surface area contributed by atoms with Crippen LogP contribution in [0.1, 0.15) is 24.1 Å². The molecule has 2 rings (SSSR count). The van der Waals surface area contributed by atoms with Crippen molar-refractivity contribution >= 4 is 0 Å². The van der Waals surface area contributed by atoms with Gasteiger partial charge in [0.25, 0.3) is 0 Å². The molecule has 0 fully saturated rings. The number of imidazole rings is 1. The van der Waals surface area contributed by atoms with Gasteiger partial charge in [0.15, 0.2) is 0 Å². The molecule has 1 aromatic heterocycles. The lowest BCUT2D eigenvalue weighted by molar-refractivity contribution is 0.638. The van der Waals surface area contributed by atoms with E-state index >= 15 is 0 Å². The quantitative estimate of drug-likeness (QED) is 0.705. The zero-order valence-corrected chi connectivity index (χ0v) is 8.51. The third-order valence-electron chi connectivity index (χ3n) is 2.50. The molecule has 0 spiro atoms. The number of benzene rings is 1. The topological polar surface area (TPSA) is 17.8 Å². The van der Waals surface area contributed by atoms with Gasteiger partial charge in [0.05, 0.1) is 12.4 Å². The molecule has 0 radical (unpaired) electrons. The summed E-state index contributed by atoms with van der Waals surface area (Å²) in [6, 6.07) is 8.93. The minimum Gasteiger partial charge on any atom is -0.330 e. The summed E-state index contributed by atoms with van der Waals surface area (Å²) < 4.78 is 2.11. The highest BCUT2D eigenvalue weighted by Crippen LogP contribution is 2.17. The van der Waals surface area contributed by atoms with E-state index in [4.69, 9.17) is 0 Å². The van der Waals surface area contributed by atoms with Crippen LogP contribution in [0.2, 0.25) is 0 Å². The average Bonchev–Trinajstić information content (AvgIpc) is 2.69. The van der Waals surface area contributed by atoms with Crippen molar-refractivity contribution < 1.29 is 0 Å². The van der Waals surface area contributed by atoms with Gasteiger partial charge in [0, 0.05) is 12.4 Å². The molecule has 14 heavy (non-hydrogen) atoms. The maximum absolute atomic E-state index is 4.05. The van der Waals surface area contributed by atoms with Gasteiger partial charge in [-0.1, -0.05) is 29.8 Å². The van der Waals surface area contributed by atoms with E-state index in [2.05, 4.69) is 47.7 Å². The largest absolute Gasteiger partial charge is 0.330 e. The molecule has 0 saturated carbocycles. The lowest BCUT2D eigenvalue weighted by Gasteiger charge is -2.13. The van der Waals surface area contributed by atoms with E-state index in [1.54, 1.807) is 0 Å². The van der Waals surface area contributed by atoms with Gasteiger partial charge >= 0.3 is 0 Å². The van der Waals surface area contributed by atoms with Gasteiger partial charge in [-0.05, 0) is 19.4 Å². The molecule has 0 amide bonds. The molecule has 1 atom stereocenters. The van der Waals surface area contributed by atoms with Crippen molar-refractivity contribution in [2.24, 2.45) is 0 Å². The van der Waals surface area contributed by atoms with Crippen molar-refractivity contribution in [3.8, 4) is 0 Å². The minimum atomic E-state index is 0.359. The van der Waals surface area contributed by atoms with Gasteiger partial charge in [0.2, 0.25) is 0 Å². The van der Waals surface area contributed by atoms with E-state index in [0.29, 0.717) is 6.04 Å². The molecule has 72 valence electrons. The molecule has 2 heteroatoms. The van der Waals surface area contributed by atoms with Crippen LogP contribution >= 0.6 is 0 Å². The SMILES string of the molecule is Cc1cccc(C(C)n2ccnc2)c1. The predicted octanol–water partition coefficient (Wildman–Crippen LogP) is 2.80. The van der Waals surface area contributed by atoms with E-state index in [1.165, 1.54) is 11.1 Å². The van der Waals surface area contributed by atoms with E-state index in [9.17, 15) is 0 Å². The lowest BCUT2D eigenvalue weighted by Crippen LogP contribution is -2.04. The molecule has 0 N–H and O–H groups in total. The van der Waals surface area contributed by atoms with E-state index in [-0.39, 0.29) is 0 Å². The Hall–Kier alpha value is -1.57. The summed E-state index contributed by atoms with van der Waals surface area (Å²) in [5.41, 5.74) is 2.62. The lowest BCUT2D eigenvalue weighted by atomic mass is 10.1. The molecule has 0 aliphatic heterocycles. The van der Waals surface area contributed by atoms with E-state index < -0.39 is 0 Å². The monoisotopic (exact) mass is 186 g/mol. The van der Waals surface area contributed by atoms with Crippen LogP contribution < -0.4 is 0 Å². The van der Waals surface area contributed by atoms with Crippen molar-refractivity contribution in [1.29, 1.82) is 0 Å². The number of hydrogen-bond donors (Lipinski definition) is 0. The molecule has 1 unspecified atom stereocenters. The third-order valence-corrected chi connectivity index (χ3v) is 2.50. The van der Waals surface area contributed by atoms with Crippen LogP contribution in [0.5, 0.6) is 0 Å². The average molecular weight is 186 g/mol. The van der Waals surface area contributed by atoms with Crippen molar-refractivity contribution in [2.45, 2.75) is 19.9 Å². The van der Waals surface area contributed by atoms with Crippen molar-refractivity contribution in [1.82, 2.24) is 9.55 Å². The van der Waals surface area contributed by atoms with Crippen LogP contribution in [0.15, 0.2) is 43.0 Å². The minimum absolute atomic E-state index is 0.359. The molecule has 1 heterocycles. The van der Waals surface area contributed by atoms with Crippen molar-refractivity contribution in [3.63, 3.8) is 0 Å². The van der Waals surface area contributed by atoms with Gasteiger partial charge < -0.3 is 4.57 Å². The van der Waals surface area contributed by atoms with Crippen molar-refractivity contribution in [2.75, 3.05) is 0 Å². The number of aromatic nitrogens is 2. The first-order valence-corrected chi connectivity index (χ1v) is 4.81. The first kappa shape index (κ1) is 9.00. The highest BCUT2D eigenvalue weighted by molar-refractivity contribution is 5.25.